The summed E-state index contributed by atoms with van der Waals surface area (Å²) in [6, 6.07) is 13.2. The lowest BCUT2D eigenvalue weighted by molar-refractivity contribution is 0.202. The molecule has 0 aliphatic rings. The minimum Gasteiger partial charge on any atom is -0.384 e. The van der Waals surface area contributed by atoms with E-state index in [1.807, 2.05) is 0 Å². The lowest BCUT2D eigenvalue weighted by Crippen LogP contribution is -1.97. The number of halogens is 5. The molecule has 0 aliphatic carbocycles. The second-order valence-corrected chi connectivity index (χ2v) is 7.45. The molecule has 4 rings (SSSR count). The van der Waals surface area contributed by atoms with Crippen LogP contribution >= 0.6 is 0 Å². The highest BCUT2D eigenvalue weighted by molar-refractivity contribution is 5.84. The predicted molar refractivity (Wildman–Crippen MR) is 117 cm³/mol. The summed E-state index contributed by atoms with van der Waals surface area (Å²) in [5, 5.41) is 0.873. The van der Waals surface area contributed by atoms with Crippen LogP contribution in [0.1, 0.15) is 16.7 Å². The van der Waals surface area contributed by atoms with Crippen molar-refractivity contribution in [2.75, 3.05) is 13.7 Å². The number of rotatable bonds is 4. The highest BCUT2D eigenvalue weighted by Crippen LogP contribution is 2.27. The van der Waals surface area contributed by atoms with Gasteiger partial charge in [-0.1, -0.05) is 30.0 Å². The van der Waals surface area contributed by atoms with E-state index in [4.69, 9.17) is 4.74 Å². The van der Waals surface area contributed by atoms with Crippen molar-refractivity contribution in [2.24, 2.45) is 0 Å². The second kappa shape index (κ2) is 9.43. The van der Waals surface area contributed by atoms with E-state index in [9.17, 15) is 22.0 Å². The first-order chi connectivity index (χ1) is 15.9. The summed E-state index contributed by atoms with van der Waals surface area (Å²) in [4.78, 5) is 0. The molecule has 33 heavy (non-hydrogen) atoms. The summed E-state index contributed by atoms with van der Waals surface area (Å²) in [5.74, 6) is 0.638. The molecule has 0 fully saturated rings. The van der Waals surface area contributed by atoms with Crippen LogP contribution in [0.15, 0.2) is 60.7 Å². The van der Waals surface area contributed by atoms with Gasteiger partial charge in [0.1, 0.15) is 17.5 Å². The molecule has 6 heteroatoms. The van der Waals surface area contributed by atoms with Crippen LogP contribution in [0.3, 0.4) is 0 Å². The standard InChI is InChI=1S/C27H17F5O/c1-33-9-8-17-3-6-21(23(28)11-17)20-14-24(29)22(25(30)15-20)7-4-16-2-5-18-12-26(31)27(32)13-19(18)10-16/h2-3,5-6,10-15H,8-9H2,1H3. The van der Waals surface area contributed by atoms with E-state index >= 15 is 0 Å². The summed E-state index contributed by atoms with van der Waals surface area (Å²) in [6.07, 6.45) is 0.515. The van der Waals surface area contributed by atoms with Gasteiger partial charge in [0.25, 0.3) is 0 Å². The van der Waals surface area contributed by atoms with E-state index in [0.717, 1.165) is 24.3 Å². The maximum atomic E-state index is 14.7. The van der Waals surface area contributed by atoms with Gasteiger partial charge in [0.2, 0.25) is 0 Å². The van der Waals surface area contributed by atoms with Crippen LogP contribution in [0.2, 0.25) is 0 Å². The molecular weight excluding hydrogens is 435 g/mol. The summed E-state index contributed by atoms with van der Waals surface area (Å²) in [7, 11) is 1.54. The van der Waals surface area contributed by atoms with Gasteiger partial charge < -0.3 is 4.74 Å². The van der Waals surface area contributed by atoms with Gasteiger partial charge in [0.05, 0.1) is 12.2 Å². The highest BCUT2D eigenvalue weighted by Gasteiger charge is 2.14. The van der Waals surface area contributed by atoms with Gasteiger partial charge in [-0.3, -0.25) is 0 Å². The molecule has 0 aliphatic heterocycles. The molecule has 0 radical (unpaired) electrons. The van der Waals surface area contributed by atoms with Gasteiger partial charge in [-0.15, -0.1) is 0 Å². The van der Waals surface area contributed by atoms with Crippen LogP contribution in [0.5, 0.6) is 0 Å². The first kappa shape index (κ1) is 22.5. The lowest BCUT2D eigenvalue weighted by Gasteiger charge is -2.08. The SMILES string of the molecule is COCCc1ccc(-c2cc(F)c(C#Cc3ccc4cc(F)c(F)cc4c3)c(F)c2)c(F)c1. The molecule has 166 valence electrons. The molecule has 0 heterocycles. The van der Waals surface area contributed by atoms with Crippen LogP contribution in [0.25, 0.3) is 21.9 Å². The Kier molecular flexibility index (Phi) is 6.43. The molecule has 0 saturated carbocycles. The zero-order valence-electron chi connectivity index (χ0n) is 17.5. The zero-order chi connectivity index (χ0) is 23.5. The maximum absolute atomic E-state index is 14.7. The Bertz CT molecular complexity index is 1390. The number of methoxy groups -OCH3 is 1. The topological polar surface area (TPSA) is 9.23 Å². The van der Waals surface area contributed by atoms with E-state index in [2.05, 4.69) is 11.8 Å². The summed E-state index contributed by atoms with van der Waals surface area (Å²) in [5.41, 5.74) is 0.724. The van der Waals surface area contributed by atoms with E-state index < -0.39 is 34.6 Å². The summed E-state index contributed by atoms with van der Waals surface area (Å²) in [6.45, 7) is 0.429. The molecule has 0 aromatic heterocycles. The average Bonchev–Trinajstić information content (AvgIpc) is 2.78. The third-order valence-electron chi connectivity index (χ3n) is 5.19. The lowest BCUT2D eigenvalue weighted by atomic mass is 10.00. The van der Waals surface area contributed by atoms with Crippen LogP contribution in [-0.2, 0) is 11.2 Å². The van der Waals surface area contributed by atoms with Gasteiger partial charge in [-0.05, 0) is 70.8 Å². The van der Waals surface area contributed by atoms with Crippen molar-refractivity contribution in [2.45, 2.75) is 6.42 Å². The summed E-state index contributed by atoms with van der Waals surface area (Å²) >= 11 is 0. The second-order valence-electron chi connectivity index (χ2n) is 7.45. The normalized spacial score (nSPS) is 10.8. The van der Waals surface area contributed by atoms with Gasteiger partial charge in [0, 0.05) is 18.2 Å². The first-order valence-corrected chi connectivity index (χ1v) is 10.0. The van der Waals surface area contributed by atoms with Crippen molar-refractivity contribution in [3.63, 3.8) is 0 Å². The Morgan fingerprint density at radius 2 is 1.36 bits per heavy atom. The van der Waals surface area contributed by atoms with Crippen molar-refractivity contribution in [1.29, 1.82) is 0 Å². The molecule has 0 bridgehead atoms. The molecule has 0 amide bonds. The number of benzene rings is 4. The van der Waals surface area contributed by atoms with Gasteiger partial charge in [0.15, 0.2) is 11.6 Å². The van der Waals surface area contributed by atoms with Crippen LogP contribution < -0.4 is 0 Å². The Morgan fingerprint density at radius 1 is 0.667 bits per heavy atom. The monoisotopic (exact) mass is 452 g/mol. The minimum absolute atomic E-state index is 0.0505. The number of ether oxygens (including phenoxy) is 1. The quantitative estimate of drug-likeness (QED) is 0.245. The fourth-order valence-corrected chi connectivity index (χ4v) is 3.47. The summed E-state index contributed by atoms with van der Waals surface area (Å²) < 4.78 is 75.6. The van der Waals surface area contributed by atoms with Crippen molar-refractivity contribution in [1.82, 2.24) is 0 Å². The Balaban J connectivity index is 1.65. The number of hydrogen-bond acceptors (Lipinski definition) is 1. The fraction of sp³-hybridized carbons (Fsp3) is 0.111. The van der Waals surface area contributed by atoms with E-state index in [-0.39, 0.29) is 11.1 Å². The largest absolute Gasteiger partial charge is 0.384 e. The van der Waals surface area contributed by atoms with Gasteiger partial charge in [-0.2, -0.15) is 0 Å². The molecular formula is C27H17F5O. The molecule has 0 unspecified atom stereocenters. The third-order valence-corrected chi connectivity index (χ3v) is 5.19. The minimum atomic E-state index is -1.00. The Morgan fingerprint density at radius 3 is 2.03 bits per heavy atom. The van der Waals surface area contributed by atoms with Crippen molar-refractivity contribution in [3.05, 3.63) is 106 Å². The molecule has 1 nitrogen and oxygen atoms in total. The number of fused-ring (bicyclic) bond motifs is 1. The predicted octanol–water partition coefficient (Wildman–Crippen LogP) is 6.79. The molecule has 4 aromatic carbocycles. The highest BCUT2D eigenvalue weighted by atomic mass is 19.2. The maximum Gasteiger partial charge on any atom is 0.159 e. The average molecular weight is 452 g/mol. The Labute approximate surface area is 187 Å². The Hall–Kier alpha value is -3.69. The first-order valence-electron chi connectivity index (χ1n) is 10.0. The van der Waals surface area contributed by atoms with E-state index in [1.165, 1.54) is 30.3 Å². The van der Waals surface area contributed by atoms with Crippen molar-refractivity contribution >= 4 is 10.8 Å². The van der Waals surface area contributed by atoms with Gasteiger partial charge in [-0.25, -0.2) is 22.0 Å². The van der Waals surface area contributed by atoms with Crippen LogP contribution in [0, 0.1) is 40.9 Å². The number of hydrogen-bond donors (Lipinski definition) is 0. The third kappa shape index (κ3) is 4.89. The smallest absolute Gasteiger partial charge is 0.159 e. The molecule has 0 spiro atoms. The molecule has 0 N–H and O–H groups in total. The van der Waals surface area contributed by atoms with Gasteiger partial charge >= 0.3 is 0 Å². The van der Waals surface area contributed by atoms with Crippen LogP contribution in [-0.4, -0.2) is 13.7 Å². The van der Waals surface area contributed by atoms with Crippen molar-refractivity contribution in [3.8, 4) is 23.0 Å². The zero-order valence-corrected chi connectivity index (χ0v) is 17.5. The fourth-order valence-electron chi connectivity index (χ4n) is 3.47. The van der Waals surface area contributed by atoms with E-state index in [1.54, 1.807) is 13.2 Å². The molecule has 4 aromatic rings. The molecule has 0 atom stereocenters. The van der Waals surface area contributed by atoms with E-state index in [0.29, 0.717) is 34.9 Å². The van der Waals surface area contributed by atoms with Crippen LogP contribution in [0.4, 0.5) is 22.0 Å². The molecule has 0 saturated heterocycles. The van der Waals surface area contributed by atoms with Crippen molar-refractivity contribution < 1.29 is 26.7 Å².